The first-order valence-corrected chi connectivity index (χ1v) is 5.24. The summed E-state index contributed by atoms with van der Waals surface area (Å²) < 4.78 is 0. The molecule has 0 aromatic rings. The minimum Gasteiger partial charge on any atom is -0.343 e. The number of nitrogens with zero attached hydrogens (tertiary/aromatic N) is 2. The molecule has 1 N–H and O–H groups in total. The van der Waals surface area contributed by atoms with Crippen molar-refractivity contribution in [3.8, 4) is 0 Å². The molecule has 1 rings (SSSR count). The average Bonchev–Trinajstić information content (AvgIpc) is 2.12. The summed E-state index contributed by atoms with van der Waals surface area (Å²) in [7, 11) is 3.84. The van der Waals surface area contributed by atoms with Gasteiger partial charge in [-0.05, 0) is 19.5 Å². The van der Waals surface area contributed by atoms with E-state index < -0.39 is 0 Å². The number of rotatable bonds is 4. The Hall–Kier alpha value is -0.610. The Labute approximate surface area is 86.2 Å². The Balaban J connectivity index is 2.29. The molecule has 4 nitrogen and oxygen atoms in total. The molecule has 1 saturated heterocycles. The van der Waals surface area contributed by atoms with E-state index in [0.717, 1.165) is 26.2 Å². The molecule has 1 heterocycles. The van der Waals surface area contributed by atoms with Crippen LogP contribution in [0.2, 0.25) is 0 Å². The van der Waals surface area contributed by atoms with Gasteiger partial charge in [0.25, 0.3) is 0 Å². The van der Waals surface area contributed by atoms with E-state index in [9.17, 15) is 4.79 Å². The van der Waals surface area contributed by atoms with Crippen molar-refractivity contribution < 1.29 is 4.79 Å². The molecular formula is C10H21N3O. The molecule has 0 radical (unpaired) electrons. The third-order valence-corrected chi connectivity index (χ3v) is 2.66. The summed E-state index contributed by atoms with van der Waals surface area (Å²) in [4.78, 5) is 15.5. The fourth-order valence-corrected chi connectivity index (χ4v) is 1.82. The zero-order valence-electron chi connectivity index (χ0n) is 9.42. The standard InChI is InChI=1S/C10H21N3O/c1-9(6-11-2)7-13-5-4-12(3)10(14)8-13/h9,11H,4-8H2,1-3H3. The van der Waals surface area contributed by atoms with E-state index in [0.29, 0.717) is 12.5 Å². The Morgan fingerprint density at radius 3 is 2.79 bits per heavy atom. The molecule has 4 heteroatoms. The molecule has 0 saturated carbocycles. The fraction of sp³-hybridized carbons (Fsp3) is 0.900. The van der Waals surface area contributed by atoms with E-state index >= 15 is 0 Å². The van der Waals surface area contributed by atoms with Crippen LogP contribution in [-0.2, 0) is 4.79 Å². The van der Waals surface area contributed by atoms with Gasteiger partial charge < -0.3 is 10.2 Å². The van der Waals surface area contributed by atoms with Crippen LogP contribution in [0.15, 0.2) is 0 Å². The molecule has 1 atom stereocenters. The molecule has 1 amide bonds. The number of carbonyl (C=O) groups excluding carboxylic acids is 1. The van der Waals surface area contributed by atoms with Gasteiger partial charge in [0.15, 0.2) is 0 Å². The van der Waals surface area contributed by atoms with E-state index in [2.05, 4.69) is 17.1 Å². The quantitative estimate of drug-likeness (QED) is 0.670. The van der Waals surface area contributed by atoms with Crippen LogP contribution in [0, 0.1) is 5.92 Å². The van der Waals surface area contributed by atoms with Gasteiger partial charge in [0.05, 0.1) is 6.54 Å². The molecule has 0 aromatic heterocycles. The lowest BCUT2D eigenvalue weighted by atomic mass is 10.1. The molecule has 1 unspecified atom stereocenters. The van der Waals surface area contributed by atoms with E-state index in [1.165, 1.54) is 0 Å². The van der Waals surface area contributed by atoms with Gasteiger partial charge in [-0.15, -0.1) is 0 Å². The second-order valence-electron chi connectivity index (χ2n) is 4.21. The number of hydrogen-bond donors (Lipinski definition) is 1. The Morgan fingerprint density at radius 2 is 2.21 bits per heavy atom. The normalized spacial score (nSPS) is 21.4. The summed E-state index contributed by atoms with van der Waals surface area (Å²) in [6.07, 6.45) is 0. The van der Waals surface area contributed by atoms with Crippen LogP contribution in [0.3, 0.4) is 0 Å². The van der Waals surface area contributed by atoms with Crippen molar-refractivity contribution >= 4 is 5.91 Å². The van der Waals surface area contributed by atoms with Gasteiger partial charge in [-0.25, -0.2) is 0 Å². The van der Waals surface area contributed by atoms with Crippen LogP contribution in [0.25, 0.3) is 0 Å². The van der Waals surface area contributed by atoms with E-state index in [1.807, 2.05) is 14.1 Å². The summed E-state index contributed by atoms with van der Waals surface area (Å²) in [5.74, 6) is 0.851. The van der Waals surface area contributed by atoms with Gasteiger partial charge in [-0.3, -0.25) is 9.69 Å². The fourth-order valence-electron chi connectivity index (χ4n) is 1.82. The highest BCUT2D eigenvalue weighted by molar-refractivity contribution is 5.78. The van der Waals surface area contributed by atoms with E-state index in [1.54, 1.807) is 4.90 Å². The SMILES string of the molecule is CNCC(C)CN1CCN(C)C(=O)C1. The number of hydrogen-bond acceptors (Lipinski definition) is 3. The molecule has 1 aliphatic heterocycles. The number of nitrogens with one attached hydrogen (secondary N) is 1. The highest BCUT2D eigenvalue weighted by atomic mass is 16.2. The van der Waals surface area contributed by atoms with Crippen LogP contribution >= 0.6 is 0 Å². The molecular weight excluding hydrogens is 178 g/mol. The van der Waals surface area contributed by atoms with Crippen molar-refractivity contribution in [2.45, 2.75) is 6.92 Å². The molecule has 1 aliphatic rings. The first-order chi connectivity index (χ1) is 6.63. The van der Waals surface area contributed by atoms with Crippen molar-refractivity contribution in [1.29, 1.82) is 0 Å². The van der Waals surface area contributed by atoms with Crippen LogP contribution in [0.1, 0.15) is 6.92 Å². The molecule has 82 valence electrons. The van der Waals surface area contributed by atoms with Gasteiger partial charge in [0.2, 0.25) is 5.91 Å². The topological polar surface area (TPSA) is 35.6 Å². The van der Waals surface area contributed by atoms with E-state index in [-0.39, 0.29) is 5.91 Å². The predicted octanol–water partition coefficient (Wildman–Crippen LogP) is -0.384. The van der Waals surface area contributed by atoms with Crippen molar-refractivity contribution in [2.75, 3.05) is 46.8 Å². The highest BCUT2D eigenvalue weighted by Gasteiger charge is 2.21. The number of likely N-dealkylation sites (N-methyl/N-ethyl adjacent to an activating group) is 1. The van der Waals surface area contributed by atoms with Gasteiger partial charge in [0.1, 0.15) is 0 Å². The minimum atomic E-state index is 0.243. The van der Waals surface area contributed by atoms with Crippen LogP contribution in [0.5, 0.6) is 0 Å². The lowest BCUT2D eigenvalue weighted by Crippen LogP contribution is -2.50. The third kappa shape index (κ3) is 3.27. The Bertz CT molecular complexity index is 196. The Kier molecular flexibility index (Phi) is 4.35. The first-order valence-electron chi connectivity index (χ1n) is 5.24. The maximum atomic E-state index is 11.4. The molecule has 14 heavy (non-hydrogen) atoms. The largest absolute Gasteiger partial charge is 0.343 e. The molecule has 0 bridgehead atoms. The van der Waals surface area contributed by atoms with Crippen molar-refractivity contribution in [1.82, 2.24) is 15.1 Å². The smallest absolute Gasteiger partial charge is 0.236 e. The van der Waals surface area contributed by atoms with E-state index in [4.69, 9.17) is 0 Å². The lowest BCUT2D eigenvalue weighted by molar-refractivity contribution is -0.134. The maximum absolute atomic E-state index is 11.4. The number of amides is 1. The minimum absolute atomic E-state index is 0.243. The summed E-state index contributed by atoms with van der Waals surface area (Å²) in [5.41, 5.74) is 0. The van der Waals surface area contributed by atoms with Gasteiger partial charge in [0, 0.05) is 26.7 Å². The van der Waals surface area contributed by atoms with Gasteiger partial charge in [-0.2, -0.15) is 0 Å². The second kappa shape index (κ2) is 5.32. The maximum Gasteiger partial charge on any atom is 0.236 e. The molecule has 0 aliphatic carbocycles. The zero-order valence-corrected chi connectivity index (χ0v) is 9.42. The lowest BCUT2D eigenvalue weighted by Gasteiger charge is -2.33. The summed E-state index contributed by atoms with van der Waals surface area (Å²) in [5, 5.41) is 3.16. The monoisotopic (exact) mass is 199 g/mol. The molecule has 0 spiro atoms. The van der Waals surface area contributed by atoms with Crippen molar-refractivity contribution in [3.63, 3.8) is 0 Å². The average molecular weight is 199 g/mol. The zero-order chi connectivity index (χ0) is 10.6. The molecule has 1 fully saturated rings. The summed E-state index contributed by atoms with van der Waals surface area (Å²) in [6.45, 7) is 6.70. The Morgan fingerprint density at radius 1 is 1.50 bits per heavy atom. The summed E-state index contributed by atoms with van der Waals surface area (Å²) >= 11 is 0. The third-order valence-electron chi connectivity index (χ3n) is 2.66. The number of piperazine rings is 1. The molecule has 0 aromatic carbocycles. The van der Waals surface area contributed by atoms with Crippen LogP contribution in [0.4, 0.5) is 0 Å². The second-order valence-corrected chi connectivity index (χ2v) is 4.21. The van der Waals surface area contributed by atoms with Crippen LogP contribution < -0.4 is 5.32 Å². The first kappa shape index (κ1) is 11.5. The van der Waals surface area contributed by atoms with Gasteiger partial charge in [-0.1, -0.05) is 6.92 Å². The number of carbonyl (C=O) groups is 1. The summed E-state index contributed by atoms with van der Waals surface area (Å²) in [6, 6.07) is 0. The highest BCUT2D eigenvalue weighted by Crippen LogP contribution is 2.04. The van der Waals surface area contributed by atoms with Crippen molar-refractivity contribution in [3.05, 3.63) is 0 Å². The predicted molar refractivity (Wildman–Crippen MR) is 57.2 cm³/mol. The van der Waals surface area contributed by atoms with Gasteiger partial charge >= 0.3 is 0 Å². The van der Waals surface area contributed by atoms with Crippen molar-refractivity contribution in [2.24, 2.45) is 5.92 Å². The van der Waals surface area contributed by atoms with Crippen LogP contribution in [-0.4, -0.2) is 62.5 Å².